The molecule has 96 valence electrons. The second-order valence-corrected chi connectivity index (χ2v) is 4.96. The van der Waals surface area contributed by atoms with Crippen molar-refractivity contribution in [3.8, 4) is 0 Å². The van der Waals surface area contributed by atoms with E-state index < -0.39 is 11.9 Å². The van der Waals surface area contributed by atoms with Crippen LogP contribution in [0.15, 0.2) is 10.6 Å². The van der Waals surface area contributed by atoms with Gasteiger partial charge < -0.3 is 14.5 Å². The summed E-state index contributed by atoms with van der Waals surface area (Å²) in [6, 6.07) is 1.69. The average molecular weight is 250 g/mol. The summed E-state index contributed by atoms with van der Waals surface area (Å²) in [6.45, 7) is 0.737. The first-order chi connectivity index (χ1) is 8.65. The van der Waals surface area contributed by atoms with E-state index >= 15 is 0 Å². The van der Waals surface area contributed by atoms with Crippen LogP contribution in [0.5, 0.6) is 0 Å². The number of hydrogen-bond acceptors (Lipinski definition) is 4. The van der Waals surface area contributed by atoms with E-state index in [0.717, 1.165) is 18.6 Å². The highest BCUT2D eigenvalue weighted by Crippen LogP contribution is 2.40. The minimum atomic E-state index is -0.843. The molecule has 1 aliphatic heterocycles. The standard InChI is InChI=1S/C12H14N2O4/c15-11(14-4-3-8(6-14)12(16)17)9-5-10(18-13-9)7-1-2-7/h5,7-8H,1-4,6H2,(H,16,17). The first-order valence-corrected chi connectivity index (χ1v) is 6.14. The van der Waals surface area contributed by atoms with Crippen LogP contribution in [0.1, 0.15) is 41.4 Å². The maximum Gasteiger partial charge on any atom is 0.308 e. The summed E-state index contributed by atoms with van der Waals surface area (Å²) in [5, 5.41) is 12.7. The van der Waals surface area contributed by atoms with Gasteiger partial charge >= 0.3 is 5.97 Å². The number of carbonyl (C=O) groups excluding carboxylic acids is 1. The molecule has 2 aliphatic rings. The first-order valence-electron chi connectivity index (χ1n) is 6.14. The third-order valence-electron chi connectivity index (χ3n) is 3.55. The number of hydrogen-bond donors (Lipinski definition) is 1. The minimum absolute atomic E-state index is 0.227. The number of aliphatic carboxylic acids is 1. The minimum Gasteiger partial charge on any atom is -0.481 e. The molecule has 2 fully saturated rings. The first kappa shape index (κ1) is 11.3. The van der Waals surface area contributed by atoms with Gasteiger partial charge in [0.2, 0.25) is 0 Å². The van der Waals surface area contributed by atoms with E-state index in [2.05, 4.69) is 5.16 Å². The molecule has 18 heavy (non-hydrogen) atoms. The van der Waals surface area contributed by atoms with Crippen LogP contribution in [0.25, 0.3) is 0 Å². The Bertz CT molecular complexity index is 492. The van der Waals surface area contributed by atoms with Gasteiger partial charge in [-0.15, -0.1) is 0 Å². The Hall–Kier alpha value is -1.85. The molecule has 1 atom stereocenters. The van der Waals surface area contributed by atoms with E-state index in [1.54, 1.807) is 6.07 Å². The van der Waals surface area contributed by atoms with Crippen molar-refractivity contribution in [1.82, 2.24) is 10.1 Å². The lowest BCUT2D eigenvalue weighted by molar-refractivity contribution is -0.141. The Balaban J connectivity index is 1.68. The van der Waals surface area contributed by atoms with Crippen molar-refractivity contribution in [2.45, 2.75) is 25.2 Å². The topological polar surface area (TPSA) is 83.6 Å². The molecular weight excluding hydrogens is 236 g/mol. The predicted octanol–water partition coefficient (Wildman–Crippen LogP) is 1.10. The average Bonchev–Trinajstić information content (AvgIpc) is 2.92. The molecule has 1 amide bonds. The molecule has 1 saturated carbocycles. The zero-order valence-corrected chi connectivity index (χ0v) is 9.83. The third kappa shape index (κ3) is 1.98. The second kappa shape index (κ2) is 4.12. The van der Waals surface area contributed by atoms with Crippen LogP contribution in [0.3, 0.4) is 0 Å². The van der Waals surface area contributed by atoms with Gasteiger partial charge in [-0.25, -0.2) is 0 Å². The van der Waals surface area contributed by atoms with Gasteiger partial charge in [0.05, 0.1) is 5.92 Å². The molecule has 6 heteroatoms. The van der Waals surface area contributed by atoms with Crippen molar-refractivity contribution < 1.29 is 19.2 Å². The summed E-state index contributed by atoms with van der Waals surface area (Å²) in [4.78, 5) is 24.5. The van der Waals surface area contributed by atoms with Gasteiger partial charge in [-0.3, -0.25) is 9.59 Å². The smallest absolute Gasteiger partial charge is 0.308 e. The molecule has 1 unspecified atom stereocenters. The molecule has 6 nitrogen and oxygen atoms in total. The number of likely N-dealkylation sites (tertiary alicyclic amines) is 1. The molecular formula is C12H14N2O4. The highest BCUT2D eigenvalue weighted by molar-refractivity contribution is 5.93. The Kier molecular flexibility index (Phi) is 2.57. The summed E-state index contributed by atoms with van der Waals surface area (Å²) in [6.07, 6.45) is 2.69. The van der Waals surface area contributed by atoms with E-state index in [-0.39, 0.29) is 12.5 Å². The highest BCUT2D eigenvalue weighted by atomic mass is 16.5. The van der Waals surface area contributed by atoms with E-state index in [1.807, 2.05) is 0 Å². The van der Waals surface area contributed by atoms with Crippen LogP contribution in [0, 0.1) is 5.92 Å². The molecule has 1 aromatic rings. The van der Waals surface area contributed by atoms with E-state index in [4.69, 9.17) is 9.63 Å². The van der Waals surface area contributed by atoms with Gasteiger partial charge in [-0.2, -0.15) is 0 Å². The van der Waals surface area contributed by atoms with Gasteiger partial charge in [0.25, 0.3) is 5.91 Å². The van der Waals surface area contributed by atoms with Crippen molar-refractivity contribution in [1.29, 1.82) is 0 Å². The maximum absolute atomic E-state index is 12.1. The summed E-state index contributed by atoms with van der Waals surface area (Å²) >= 11 is 0. The Morgan fingerprint density at radius 1 is 1.39 bits per heavy atom. The van der Waals surface area contributed by atoms with Crippen LogP contribution in [-0.4, -0.2) is 40.1 Å². The highest BCUT2D eigenvalue weighted by Gasteiger charge is 2.34. The van der Waals surface area contributed by atoms with Crippen molar-refractivity contribution in [2.24, 2.45) is 5.92 Å². The van der Waals surface area contributed by atoms with Crippen molar-refractivity contribution >= 4 is 11.9 Å². The number of amides is 1. The zero-order chi connectivity index (χ0) is 12.7. The van der Waals surface area contributed by atoms with E-state index in [9.17, 15) is 9.59 Å². The summed E-state index contributed by atoms with van der Waals surface area (Å²) < 4.78 is 5.13. The second-order valence-electron chi connectivity index (χ2n) is 4.96. The van der Waals surface area contributed by atoms with Gasteiger partial charge in [0, 0.05) is 25.1 Å². The molecule has 1 aliphatic carbocycles. The van der Waals surface area contributed by atoms with Crippen LogP contribution < -0.4 is 0 Å². The number of carbonyl (C=O) groups is 2. The van der Waals surface area contributed by atoms with Gasteiger partial charge in [-0.05, 0) is 19.3 Å². The zero-order valence-electron chi connectivity index (χ0n) is 9.83. The SMILES string of the molecule is O=C(O)C1CCN(C(=O)c2cc(C3CC3)on2)C1. The molecule has 0 bridgehead atoms. The van der Waals surface area contributed by atoms with Crippen molar-refractivity contribution in [3.63, 3.8) is 0 Å². The van der Waals surface area contributed by atoms with Crippen LogP contribution in [0.4, 0.5) is 0 Å². The molecule has 1 saturated heterocycles. The van der Waals surface area contributed by atoms with Crippen LogP contribution in [0.2, 0.25) is 0 Å². The lowest BCUT2D eigenvalue weighted by atomic mass is 10.1. The lowest BCUT2D eigenvalue weighted by Crippen LogP contribution is -2.30. The van der Waals surface area contributed by atoms with E-state index in [0.29, 0.717) is 24.6 Å². The number of aromatic nitrogens is 1. The number of carboxylic acid groups (broad SMARTS) is 1. The lowest BCUT2D eigenvalue weighted by Gasteiger charge is -2.13. The van der Waals surface area contributed by atoms with E-state index in [1.165, 1.54) is 4.90 Å². The number of nitrogens with zero attached hydrogens (tertiary/aromatic N) is 2. The Morgan fingerprint density at radius 3 is 2.78 bits per heavy atom. The normalized spacial score (nSPS) is 23.3. The summed E-state index contributed by atoms with van der Waals surface area (Å²) in [5.74, 6) is -0.334. The van der Waals surface area contributed by atoms with Gasteiger partial charge in [0.1, 0.15) is 5.76 Å². The van der Waals surface area contributed by atoms with Crippen LogP contribution >= 0.6 is 0 Å². The van der Waals surface area contributed by atoms with Crippen molar-refractivity contribution in [2.75, 3.05) is 13.1 Å². The maximum atomic E-state index is 12.1. The third-order valence-corrected chi connectivity index (χ3v) is 3.55. The summed E-state index contributed by atoms with van der Waals surface area (Å²) in [7, 11) is 0. The van der Waals surface area contributed by atoms with Gasteiger partial charge in [0.15, 0.2) is 5.69 Å². The Labute approximate surface area is 104 Å². The molecule has 1 aromatic heterocycles. The molecule has 1 N–H and O–H groups in total. The number of rotatable bonds is 3. The number of carboxylic acids is 1. The quantitative estimate of drug-likeness (QED) is 0.868. The largest absolute Gasteiger partial charge is 0.481 e. The monoisotopic (exact) mass is 250 g/mol. The Morgan fingerprint density at radius 2 is 2.17 bits per heavy atom. The van der Waals surface area contributed by atoms with Crippen molar-refractivity contribution in [3.05, 3.63) is 17.5 Å². The molecule has 0 spiro atoms. The molecule has 3 rings (SSSR count). The molecule has 0 aromatic carbocycles. The fourth-order valence-electron chi connectivity index (χ4n) is 2.26. The summed E-state index contributed by atoms with van der Waals surface area (Å²) in [5.41, 5.74) is 0.294. The fourth-order valence-corrected chi connectivity index (χ4v) is 2.26. The van der Waals surface area contributed by atoms with Crippen LogP contribution in [-0.2, 0) is 4.79 Å². The molecule has 2 heterocycles. The van der Waals surface area contributed by atoms with Gasteiger partial charge in [-0.1, -0.05) is 5.16 Å². The molecule has 0 radical (unpaired) electrons. The fraction of sp³-hybridized carbons (Fsp3) is 0.583. The predicted molar refractivity (Wildman–Crippen MR) is 60.1 cm³/mol.